The van der Waals surface area contributed by atoms with Crippen LogP contribution in [0.2, 0.25) is 0 Å². The Hall–Kier alpha value is -1.43. The first-order valence-corrected chi connectivity index (χ1v) is 7.25. The van der Waals surface area contributed by atoms with Crippen LogP contribution in [-0.4, -0.2) is 40.2 Å². The Bertz CT molecular complexity index is 442. The molecule has 0 bridgehead atoms. The molecule has 3 atom stereocenters. The summed E-state index contributed by atoms with van der Waals surface area (Å²) in [5.41, 5.74) is 0.0478. The Labute approximate surface area is 119 Å². The Kier molecular flexibility index (Phi) is 4.42. The molecule has 0 aliphatic heterocycles. The van der Waals surface area contributed by atoms with Gasteiger partial charge in [0.1, 0.15) is 6.54 Å². The average Bonchev–Trinajstić information content (AvgIpc) is 2.94. The second-order valence-electron chi connectivity index (χ2n) is 5.60. The van der Waals surface area contributed by atoms with E-state index < -0.39 is 0 Å². The van der Waals surface area contributed by atoms with Crippen molar-refractivity contribution in [3.63, 3.8) is 0 Å². The number of rotatable bonds is 6. The van der Waals surface area contributed by atoms with E-state index in [-0.39, 0.29) is 30.0 Å². The highest BCUT2D eigenvalue weighted by atomic mass is 16.5. The highest BCUT2D eigenvalue weighted by molar-refractivity contribution is 5.76. The number of aromatic nitrogens is 3. The summed E-state index contributed by atoms with van der Waals surface area (Å²) in [5.74, 6) is 0.313. The molecule has 6 nitrogen and oxygen atoms in total. The predicted octanol–water partition coefficient (Wildman–Crippen LogP) is 1.23. The number of amides is 1. The summed E-state index contributed by atoms with van der Waals surface area (Å²) < 4.78 is 7.17. The lowest BCUT2D eigenvalue weighted by Gasteiger charge is -2.59. The number of carbonyl (C=O) groups is 1. The van der Waals surface area contributed by atoms with Gasteiger partial charge in [-0.15, -0.1) is 5.10 Å². The first kappa shape index (κ1) is 15.0. The van der Waals surface area contributed by atoms with Gasteiger partial charge in [-0.2, -0.15) is 0 Å². The van der Waals surface area contributed by atoms with Crippen molar-refractivity contribution < 1.29 is 9.53 Å². The lowest BCUT2D eigenvalue weighted by Crippen LogP contribution is -2.70. The molecular weight excluding hydrogens is 256 g/mol. The van der Waals surface area contributed by atoms with E-state index in [0.717, 1.165) is 12.8 Å². The molecule has 1 aliphatic rings. The molecule has 1 N–H and O–H groups in total. The highest BCUT2D eigenvalue weighted by Crippen LogP contribution is 2.52. The van der Waals surface area contributed by atoms with E-state index >= 15 is 0 Å². The van der Waals surface area contributed by atoms with Gasteiger partial charge < -0.3 is 10.1 Å². The molecule has 0 radical (unpaired) electrons. The molecule has 112 valence electrons. The summed E-state index contributed by atoms with van der Waals surface area (Å²) in [6.07, 6.45) is 5.48. The van der Waals surface area contributed by atoms with Crippen LogP contribution < -0.4 is 5.32 Å². The summed E-state index contributed by atoms with van der Waals surface area (Å²) >= 11 is 0. The third kappa shape index (κ3) is 2.32. The van der Waals surface area contributed by atoms with Gasteiger partial charge >= 0.3 is 0 Å². The summed E-state index contributed by atoms with van der Waals surface area (Å²) in [6, 6.07) is 0.165. The first-order chi connectivity index (χ1) is 9.58. The minimum atomic E-state index is -0.0202. The second kappa shape index (κ2) is 5.91. The van der Waals surface area contributed by atoms with Crippen molar-refractivity contribution >= 4 is 5.91 Å². The van der Waals surface area contributed by atoms with Crippen LogP contribution in [0.3, 0.4) is 0 Å². The van der Waals surface area contributed by atoms with Gasteiger partial charge in [0.05, 0.1) is 12.3 Å². The third-order valence-corrected chi connectivity index (χ3v) is 4.85. The summed E-state index contributed by atoms with van der Waals surface area (Å²) in [5, 5.41) is 10.7. The van der Waals surface area contributed by atoms with Crippen LogP contribution in [0.25, 0.3) is 0 Å². The molecule has 20 heavy (non-hydrogen) atoms. The Morgan fingerprint density at radius 2 is 2.15 bits per heavy atom. The fourth-order valence-corrected chi connectivity index (χ4v) is 3.78. The van der Waals surface area contributed by atoms with Crippen LogP contribution in [0.1, 0.15) is 33.6 Å². The molecule has 0 spiro atoms. The predicted molar refractivity (Wildman–Crippen MR) is 74.9 cm³/mol. The van der Waals surface area contributed by atoms with Crippen LogP contribution >= 0.6 is 0 Å². The Balaban J connectivity index is 2.02. The normalized spacial score (nSPS) is 27.9. The lowest BCUT2D eigenvalue weighted by molar-refractivity contribution is -0.172. The molecule has 0 saturated heterocycles. The van der Waals surface area contributed by atoms with Gasteiger partial charge in [0, 0.05) is 30.7 Å². The largest absolute Gasteiger partial charge is 0.380 e. The SMILES string of the molecule is CCC1(CC)[C@H](NC(=O)Cn2ccnn2)[C@@H](C)[C@@H]1OC. The lowest BCUT2D eigenvalue weighted by atomic mass is 9.53. The monoisotopic (exact) mass is 280 g/mol. The van der Waals surface area contributed by atoms with E-state index in [2.05, 4.69) is 36.4 Å². The van der Waals surface area contributed by atoms with Gasteiger partial charge in [-0.05, 0) is 12.8 Å². The molecule has 1 aromatic heterocycles. The van der Waals surface area contributed by atoms with Crippen LogP contribution in [0, 0.1) is 11.3 Å². The Morgan fingerprint density at radius 3 is 2.65 bits per heavy atom. The zero-order valence-corrected chi connectivity index (χ0v) is 12.7. The van der Waals surface area contributed by atoms with Crippen molar-refractivity contribution in [1.82, 2.24) is 20.3 Å². The molecular formula is C14H24N4O2. The van der Waals surface area contributed by atoms with E-state index in [0.29, 0.717) is 5.92 Å². The van der Waals surface area contributed by atoms with E-state index in [1.807, 2.05) is 0 Å². The van der Waals surface area contributed by atoms with Gasteiger partial charge in [0.25, 0.3) is 0 Å². The zero-order valence-electron chi connectivity index (χ0n) is 12.7. The summed E-state index contributed by atoms with van der Waals surface area (Å²) in [4.78, 5) is 12.1. The number of nitrogens with zero attached hydrogens (tertiary/aromatic N) is 3. The van der Waals surface area contributed by atoms with E-state index in [4.69, 9.17) is 4.74 Å². The fraction of sp³-hybridized carbons (Fsp3) is 0.786. The van der Waals surface area contributed by atoms with Crippen LogP contribution in [0.5, 0.6) is 0 Å². The number of hydrogen-bond donors (Lipinski definition) is 1. The highest BCUT2D eigenvalue weighted by Gasteiger charge is 2.58. The molecule has 6 heteroatoms. The van der Waals surface area contributed by atoms with E-state index in [1.165, 1.54) is 4.68 Å². The smallest absolute Gasteiger partial charge is 0.242 e. The molecule has 1 heterocycles. The van der Waals surface area contributed by atoms with Crippen molar-refractivity contribution in [1.29, 1.82) is 0 Å². The van der Waals surface area contributed by atoms with Gasteiger partial charge in [-0.25, -0.2) is 4.68 Å². The number of methoxy groups -OCH3 is 1. The maximum absolute atomic E-state index is 12.1. The van der Waals surface area contributed by atoms with Crippen molar-refractivity contribution in [2.75, 3.05) is 7.11 Å². The van der Waals surface area contributed by atoms with Crippen molar-refractivity contribution in [2.45, 2.75) is 52.3 Å². The zero-order chi connectivity index (χ0) is 14.8. The number of hydrogen-bond acceptors (Lipinski definition) is 4. The van der Waals surface area contributed by atoms with Crippen LogP contribution in [0.4, 0.5) is 0 Å². The van der Waals surface area contributed by atoms with E-state index in [1.54, 1.807) is 19.5 Å². The second-order valence-corrected chi connectivity index (χ2v) is 5.60. The molecule has 0 unspecified atom stereocenters. The van der Waals surface area contributed by atoms with E-state index in [9.17, 15) is 4.79 Å². The quantitative estimate of drug-likeness (QED) is 0.851. The van der Waals surface area contributed by atoms with Crippen molar-refractivity contribution in [2.24, 2.45) is 11.3 Å². The summed E-state index contributed by atoms with van der Waals surface area (Å²) in [6.45, 7) is 6.68. The molecule has 0 aromatic carbocycles. The minimum absolute atomic E-state index is 0.0202. The minimum Gasteiger partial charge on any atom is -0.380 e. The molecule has 1 aliphatic carbocycles. The van der Waals surface area contributed by atoms with Crippen molar-refractivity contribution in [3.05, 3.63) is 12.4 Å². The third-order valence-electron chi connectivity index (χ3n) is 4.85. The first-order valence-electron chi connectivity index (χ1n) is 7.25. The fourth-order valence-electron chi connectivity index (χ4n) is 3.78. The maximum atomic E-state index is 12.1. The Morgan fingerprint density at radius 1 is 1.45 bits per heavy atom. The maximum Gasteiger partial charge on any atom is 0.242 e. The topological polar surface area (TPSA) is 69.0 Å². The summed E-state index contributed by atoms with van der Waals surface area (Å²) in [7, 11) is 1.76. The average molecular weight is 280 g/mol. The van der Waals surface area contributed by atoms with Gasteiger partial charge in [-0.1, -0.05) is 26.0 Å². The number of ether oxygens (including phenoxy) is 1. The van der Waals surface area contributed by atoms with Crippen LogP contribution in [-0.2, 0) is 16.1 Å². The van der Waals surface area contributed by atoms with Gasteiger partial charge in [-0.3, -0.25) is 4.79 Å². The molecule has 1 amide bonds. The van der Waals surface area contributed by atoms with Gasteiger partial charge in [0.15, 0.2) is 0 Å². The molecule has 1 fully saturated rings. The number of carbonyl (C=O) groups excluding carboxylic acids is 1. The molecule has 1 aromatic rings. The molecule has 2 rings (SSSR count). The van der Waals surface area contributed by atoms with Gasteiger partial charge in [0.2, 0.25) is 5.91 Å². The molecule has 1 saturated carbocycles. The number of nitrogens with one attached hydrogen (secondary N) is 1. The standard InChI is InChI=1S/C14H24N4O2/c1-5-14(6-2)12(10(3)13(14)20-4)16-11(19)9-18-8-7-15-17-18/h7-8,10,12-13H,5-6,9H2,1-4H3,(H,16,19)/t10-,12-,13+/m1/s1. The van der Waals surface area contributed by atoms with Crippen LogP contribution in [0.15, 0.2) is 12.4 Å². The van der Waals surface area contributed by atoms with Crippen molar-refractivity contribution in [3.8, 4) is 0 Å².